The second kappa shape index (κ2) is 5.67. The summed E-state index contributed by atoms with van der Waals surface area (Å²) in [6.45, 7) is 3.39. The van der Waals surface area contributed by atoms with Gasteiger partial charge in [0.2, 0.25) is 0 Å². The maximum Gasteiger partial charge on any atom is 0.122 e. The molecule has 2 heterocycles. The molecular formula is C13H23N3O. The Bertz CT molecular complexity index is 325. The lowest BCUT2D eigenvalue weighted by atomic mass is 10.0. The molecule has 0 saturated carbocycles. The first kappa shape index (κ1) is 12.6. The molecule has 1 aliphatic rings. The SMILES string of the molecule is CNC(c1ccco1)C1CN(C)CCCN1C. The Morgan fingerprint density at radius 3 is 2.88 bits per heavy atom. The second-order valence-electron chi connectivity index (χ2n) is 4.95. The summed E-state index contributed by atoms with van der Waals surface area (Å²) in [5.41, 5.74) is 0. The average Bonchev–Trinajstić information content (AvgIpc) is 2.76. The van der Waals surface area contributed by atoms with E-state index in [2.05, 4.69) is 35.3 Å². The van der Waals surface area contributed by atoms with Gasteiger partial charge in [0.25, 0.3) is 0 Å². The number of furan rings is 1. The largest absolute Gasteiger partial charge is 0.468 e. The van der Waals surface area contributed by atoms with Gasteiger partial charge in [-0.1, -0.05) is 0 Å². The molecule has 4 nitrogen and oxygen atoms in total. The minimum atomic E-state index is 0.260. The molecule has 4 heteroatoms. The van der Waals surface area contributed by atoms with E-state index in [1.54, 1.807) is 6.26 Å². The number of nitrogens with one attached hydrogen (secondary N) is 1. The number of rotatable bonds is 3. The van der Waals surface area contributed by atoms with Crippen molar-refractivity contribution >= 4 is 0 Å². The lowest BCUT2D eigenvalue weighted by Crippen LogP contribution is -2.46. The topological polar surface area (TPSA) is 31.7 Å². The fourth-order valence-corrected chi connectivity index (χ4v) is 2.66. The van der Waals surface area contributed by atoms with Crippen LogP contribution in [0.15, 0.2) is 22.8 Å². The first-order valence-electron chi connectivity index (χ1n) is 6.32. The van der Waals surface area contributed by atoms with Gasteiger partial charge in [-0.25, -0.2) is 0 Å². The predicted molar refractivity (Wildman–Crippen MR) is 69.0 cm³/mol. The molecule has 1 aromatic heterocycles. The van der Waals surface area contributed by atoms with Crippen molar-refractivity contribution in [2.45, 2.75) is 18.5 Å². The predicted octanol–water partition coefficient (Wildman–Crippen LogP) is 1.18. The van der Waals surface area contributed by atoms with Gasteiger partial charge < -0.3 is 19.5 Å². The maximum atomic E-state index is 5.56. The fourth-order valence-electron chi connectivity index (χ4n) is 2.66. The van der Waals surface area contributed by atoms with Gasteiger partial charge in [-0.05, 0) is 52.8 Å². The molecule has 1 aliphatic heterocycles. The van der Waals surface area contributed by atoms with Crippen LogP contribution in [0.1, 0.15) is 18.2 Å². The van der Waals surface area contributed by atoms with Gasteiger partial charge in [0, 0.05) is 12.6 Å². The molecule has 1 aromatic rings. The van der Waals surface area contributed by atoms with Gasteiger partial charge in [0.05, 0.1) is 12.3 Å². The molecule has 0 spiro atoms. The van der Waals surface area contributed by atoms with Gasteiger partial charge in [0.15, 0.2) is 0 Å². The van der Waals surface area contributed by atoms with Crippen LogP contribution in [-0.4, -0.2) is 56.6 Å². The monoisotopic (exact) mass is 237 g/mol. The Morgan fingerprint density at radius 1 is 1.41 bits per heavy atom. The number of hydrogen-bond donors (Lipinski definition) is 1. The van der Waals surface area contributed by atoms with Crippen LogP contribution in [0, 0.1) is 0 Å². The van der Waals surface area contributed by atoms with E-state index in [1.165, 1.54) is 13.0 Å². The van der Waals surface area contributed by atoms with Crippen molar-refractivity contribution < 1.29 is 4.42 Å². The van der Waals surface area contributed by atoms with E-state index in [0.29, 0.717) is 6.04 Å². The second-order valence-corrected chi connectivity index (χ2v) is 4.95. The summed E-state index contributed by atoms with van der Waals surface area (Å²) in [4.78, 5) is 4.84. The van der Waals surface area contributed by atoms with Crippen LogP contribution >= 0.6 is 0 Å². The van der Waals surface area contributed by atoms with E-state index in [0.717, 1.165) is 18.8 Å². The number of hydrogen-bond acceptors (Lipinski definition) is 4. The average molecular weight is 237 g/mol. The molecular weight excluding hydrogens is 214 g/mol. The standard InChI is InChI=1S/C13H23N3O/c1-14-13(12-6-4-9-17-12)11-10-15(2)7-5-8-16(11)3/h4,6,9,11,13-14H,5,7-8,10H2,1-3H3. The van der Waals surface area contributed by atoms with Crippen molar-refractivity contribution in [3.8, 4) is 0 Å². The Balaban J connectivity index is 2.16. The van der Waals surface area contributed by atoms with E-state index >= 15 is 0 Å². The lowest BCUT2D eigenvalue weighted by Gasteiger charge is -2.33. The van der Waals surface area contributed by atoms with Crippen molar-refractivity contribution in [3.63, 3.8) is 0 Å². The van der Waals surface area contributed by atoms with Crippen LogP contribution in [0.3, 0.4) is 0 Å². The zero-order valence-electron chi connectivity index (χ0n) is 11.0. The highest BCUT2D eigenvalue weighted by atomic mass is 16.3. The van der Waals surface area contributed by atoms with Gasteiger partial charge in [-0.15, -0.1) is 0 Å². The Kier molecular flexibility index (Phi) is 4.20. The molecule has 0 amide bonds. The van der Waals surface area contributed by atoms with Crippen molar-refractivity contribution in [2.75, 3.05) is 40.8 Å². The highest BCUT2D eigenvalue weighted by Crippen LogP contribution is 2.23. The first-order chi connectivity index (χ1) is 8.22. The van der Waals surface area contributed by atoms with Crippen LogP contribution in [-0.2, 0) is 0 Å². The summed E-state index contributed by atoms with van der Waals surface area (Å²) in [6, 6.07) is 4.73. The normalized spacial score (nSPS) is 25.7. The molecule has 1 N–H and O–H groups in total. The van der Waals surface area contributed by atoms with Gasteiger partial charge in [0.1, 0.15) is 5.76 Å². The highest BCUT2D eigenvalue weighted by Gasteiger charge is 2.30. The summed E-state index contributed by atoms with van der Waals surface area (Å²) in [7, 11) is 6.41. The Labute approximate surface area is 104 Å². The Morgan fingerprint density at radius 2 is 2.24 bits per heavy atom. The number of likely N-dealkylation sites (N-methyl/N-ethyl adjacent to an activating group) is 3. The van der Waals surface area contributed by atoms with E-state index in [9.17, 15) is 0 Å². The quantitative estimate of drug-likeness (QED) is 0.855. The minimum Gasteiger partial charge on any atom is -0.468 e. The molecule has 2 atom stereocenters. The molecule has 17 heavy (non-hydrogen) atoms. The van der Waals surface area contributed by atoms with Gasteiger partial charge in [-0.3, -0.25) is 0 Å². The van der Waals surface area contributed by atoms with E-state index < -0.39 is 0 Å². The molecule has 2 unspecified atom stereocenters. The van der Waals surface area contributed by atoms with Gasteiger partial charge >= 0.3 is 0 Å². The Hall–Kier alpha value is -0.840. The zero-order valence-corrected chi connectivity index (χ0v) is 11.0. The summed E-state index contributed by atoms with van der Waals surface area (Å²) < 4.78 is 5.56. The van der Waals surface area contributed by atoms with Crippen LogP contribution in [0.2, 0.25) is 0 Å². The van der Waals surface area contributed by atoms with Crippen LogP contribution in [0.5, 0.6) is 0 Å². The molecule has 0 bridgehead atoms. The molecule has 1 saturated heterocycles. The molecule has 0 aliphatic carbocycles. The molecule has 2 rings (SSSR count). The molecule has 1 fully saturated rings. The summed E-state index contributed by atoms with van der Waals surface area (Å²) in [5, 5.41) is 3.39. The lowest BCUT2D eigenvalue weighted by molar-refractivity contribution is 0.170. The van der Waals surface area contributed by atoms with Crippen LogP contribution < -0.4 is 5.32 Å². The van der Waals surface area contributed by atoms with Crippen molar-refractivity contribution in [2.24, 2.45) is 0 Å². The smallest absolute Gasteiger partial charge is 0.122 e. The zero-order chi connectivity index (χ0) is 12.3. The summed E-state index contributed by atoms with van der Waals surface area (Å²) in [6.07, 6.45) is 2.98. The van der Waals surface area contributed by atoms with Crippen LogP contribution in [0.25, 0.3) is 0 Å². The molecule has 0 radical (unpaired) electrons. The third-order valence-corrected chi connectivity index (χ3v) is 3.66. The molecule has 0 aromatic carbocycles. The third kappa shape index (κ3) is 2.89. The van der Waals surface area contributed by atoms with Crippen molar-refractivity contribution in [1.29, 1.82) is 0 Å². The van der Waals surface area contributed by atoms with E-state index in [-0.39, 0.29) is 6.04 Å². The third-order valence-electron chi connectivity index (χ3n) is 3.66. The minimum absolute atomic E-state index is 0.260. The maximum absolute atomic E-state index is 5.56. The van der Waals surface area contributed by atoms with E-state index in [4.69, 9.17) is 4.42 Å². The molecule has 96 valence electrons. The van der Waals surface area contributed by atoms with E-state index in [1.807, 2.05) is 13.1 Å². The fraction of sp³-hybridized carbons (Fsp3) is 0.692. The first-order valence-corrected chi connectivity index (χ1v) is 6.32. The highest BCUT2D eigenvalue weighted by molar-refractivity contribution is 5.08. The summed E-state index contributed by atoms with van der Waals surface area (Å²) in [5.74, 6) is 1.03. The van der Waals surface area contributed by atoms with Crippen LogP contribution in [0.4, 0.5) is 0 Å². The summed E-state index contributed by atoms with van der Waals surface area (Å²) >= 11 is 0. The van der Waals surface area contributed by atoms with Crippen molar-refractivity contribution in [1.82, 2.24) is 15.1 Å². The van der Waals surface area contributed by atoms with Gasteiger partial charge in [-0.2, -0.15) is 0 Å². The van der Waals surface area contributed by atoms with Crippen molar-refractivity contribution in [3.05, 3.63) is 24.2 Å². The number of nitrogens with zero attached hydrogens (tertiary/aromatic N) is 2.